The third-order valence-corrected chi connectivity index (χ3v) is 5.67. The molecule has 21 heavy (non-hydrogen) atoms. The third-order valence-electron chi connectivity index (χ3n) is 5.67. The van der Waals surface area contributed by atoms with E-state index in [1.54, 1.807) is 0 Å². The Morgan fingerprint density at radius 1 is 1.14 bits per heavy atom. The van der Waals surface area contributed by atoms with E-state index in [1.165, 1.54) is 45.2 Å². The van der Waals surface area contributed by atoms with E-state index in [0.717, 1.165) is 38.6 Å². The Kier molecular flexibility index (Phi) is 5.17. The van der Waals surface area contributed by atoms with Crippen molar-refractivity contribution in [3.05, 3.63) is 0 Å². The number of piperidine rings is 2. The van der Waals surface area contributed by atoms with Gasteiger partial charge in [0.1, 0.15) is 0 Å². The van der Waals surface area contributed by atoms with Crippen LogP contribution < -0.4 is 5.32 Å². The molecule has 0 radical (unpaired) electrons. The summed E-state index contributed by atoms with van der Waals surface area (Å²) in [6.45, 7) is 8.73. The lowest BCUT2D eigenvalue weighted by Gasteiger charge is -2.40. The maximum Gasteiger partial charge on any atom is 0.227 e. The van der Waals surface area contributed by atoms with E-state index in [9.17, 15) is 4.79 Å². The number of hydrogen-bond acceptors (Lipinski definition) is 3. The topological polar surface area (TPSA) is 35.6 Å². The first-order valence-corrected chi connectivity index (χ1v) is 8.97. The normalized spacial score (nSPS) is 35.1. The highest BCUT2D eigenvalue weighted by atomic mass is 16.2. The molecule has 0 aromatic heterocycles. The molecule has 1 amide bonds. The fraction of sp³-hybridized carbons (Fsp3) is 0.941. The van der Waals surface area contributed by atoms with Crippen LogP contribution in [0.2, 0.25) is 0 Å². The highest BCUT2D eigenvalue weighted by molar-refractivity contribution is 5.79. The standard InChI is InChI=1S/C17H31N3O/c1-14-5-2-3-9-19(14)12-15-6-4-10-20(13-15)17(21)16-7-8-18-11-16/h14-16,18H,2-13H2,1H3. The lowest BCUT2D eigenvalue weighted by Crippen LogP contribution is -2.48. The number of carbonyl (C=O) groups is 1. The zero-order valence-corrected chi connectivity index (χ0v) is 13.5. The predicted molar refractivity (Wildman–Crippen MR) is 85.2 cm³/mol. The summed E-state index contributed by atoms with van der Waals surface area (Å²) in [4.78, 5) is 17.4. The first-order chi connectivity index (χ1) is 10.2. The molecule has 3 aliphatic rings. The molecule has 3 atom stereocenters. The van der Waals surface area contributed by atoms with Crippen molar-refractivity contribution in [2.45, 2.75) is 51.5 Å². The van der Waals surface area contributed by atoms with Crippen LogP contribution in [0.15, 0.2) is 0 Å². The van der Waals surface area contributed by atoms with Gasteiger partial charge in [0.25, 0.3) is 0 Å². The van der Waals surface area contributed by atoms with E-state index in [1.807, 2.05) is 0 Å². The van der Waals surface area contributed by atoms with Crippen molar-refractivity contribution < 1.29 is 4.79 Å². The average molecular weight is 293 g/mol. The van der Waals surface area contributed by atoms with Crippen LogP contribution in [0, 0.1) is 11.8 Å². The maximum absolute atomic E-state index is 12.6. The molecule has 0 saturated carbocycles. The number of amides is 1. The molecule has 3 rings (SSSR count). The Morgan fingerprint density at radius 2 is 2.05 bits per heavy atom. The van der Waals surface area contributed by atoms with Gasteiger partial charge in [0.15, 0.2) is 0 Å². The average Bonchev–Trinajstić information content (AvgIpc) is 3.03. The zero-order valence-electron chi connectivity index (χ0n) is 13.5. The zero-order chi connectivity index (χ0) is 14.7. The van der Waals surface area contributed by atoms with Crippen LogP contribution in [0.5, 0.6) is 0 Å². The molecule has 0 aromatic rings. The van der Waals surface area contributed by atoms with E-state index < -0.39 is 0 Å². The fourth-order valence-electron chi connectivity index (χ4n) is 4.30. The van der Waals surface area contributed by atoms with Gasteiger partial charge in [-0.2, -0.15) is 0 Å². The van der Waals surface area contributed by atoms with E-state index in [0.29, 0.717) is 11.8 Å². The van der Waals surface area contributed by atoms with Gasteiger partial charge in [0.2, 0.25) is 5.91 Å². The number of rotatable bonds is 3. The van der Waals surface area contributed by atoms with E-state index in [4.69, 9.17) is 0 Å². The van der Waals surface area contributed by atoms with Crippen molar-refractivity contribution in [2.24, 2.45) is 11.8 Å². The molecule has 3 fully saturated rings. The van der Waals surface area contributed by atoms with Crippen LogP contribution in [0.1, 0.15) is 45.4 Å². The van der Waals surface area contributed by atoms with Crippen LogP contribution in [-0.4, -0.2) is 61.0 Å². The first kappa shape index (κ1) is 15.3. The summed E-state index contributed by atoms with van der Waals surface area (Å²) in [6.07, 6.45) is 7.62. The molecule has 1 N–H and O–H groups in total. The van der Waals surface area contributed by atoms with Crippen LogP contribution >= 0.6 is 0 Å². The van der Waals surface area contributed by atoms with Crippen molar-refractivity contribution in [2.75, 3.05) is 39.3 Å². The molecular formula is C17H31N3O. The van der Waals surface area contributed by atoms with Gasteiger partial charge in [0.05, 0.1) is 5.92 Å². The molecule has 0 bridgehead atoms. The Labute approximate surface area is 129 Å². The van der Waals surface area contributed by atoms with Gasteiger partial charge in [-0.15, -0.1) is 0 Å². The highest BCUT2D eigenvalue weighted by Crippen LogP contribution is 2.24. The molecule has 3 heterocycles. The molecule has 120 valence electrons. The van der Waals surface area contributed by atoms with Gasteiger partial charge >= 0.3 is 0 Å². The first-order valence-electron chi connectivity index (χ1n) is 8.97. The van der Waals surface area contributed by atoms with Crippen molar-refractivity contribution in [3.63, 3.8) is 0 Å². The molecule has 4 heteroatoms. The smallest absolute Gasteiger partial charge is 0.227 e. The molecule has 3 saturated heterocycles. The van der Waals surface area contributed by atoms with Gasteiger partial charge in [-0.05, 0) is 58.0 Å². The van der Waals surface area contributed by atoms with Crippen molar-refractivity contribution in [3.8, 4) is 0 Å². The van der Waals surface area contributed by atoms with Gasteiger partial charge in [-0.25, -0.2) is 0 Å². The molecule has 3 aliphatic heterocycles. The lowest BCUT2D eigenvalue weighted by atomic mass is 9.93. The van der Waals surface area contributed by atoms with Crippen LogP contribution in [0.4, 0.5) is 0 Å². The summed E-state index contributed by atoms with van der Waals surface area (Å²) in [6, 6.07) is 0.740. The second kappa shape index (κ2) is 7.10. The predicted octanol–water partition coefficient (Wildman–Crippen LogP) is 1.71. The summed E-state index contributed by atoms with van der Waals surface area (Å²) in [5.74, 6) is 1.35. The quantitative estimate of drug-likeness (QED) is 0.860. The Hall–Kier alpha value is -0.610. The number of nitrogens with one attached hydrogen (secondary N) is 1. The van der Waals surface area contributed by atoms with Gasteiger partial charge in [0, 0.05) is 32.2 Å². The summed E-state index contributed by atoms with van der Waals surface area (Å²) in [7, 11) is 0. The molecular weight excluding hydrogens is 262 g/mol. The van der Waals surface area contributed by atoms with Gasteiger partial charge in [-0.1, -0.05) is 6.42 Å². The van der Waals surface area contributed by atoms with Crippen LogP contribution in [-0.2, 0) is 4.79 Å². The summed E-state index contributed by atoms with van der Waals surface area (Å²) >= 11 is 0. The van der Waals surface area contributed by atoms with Gasteiger partial charge < -0.3 is 15.1 Å². The van der Waals surface area contributed by atoms with Crippen molar-refractivity contribution in [1.29, 1.82) is 0 Å². The lowest BCUT2D eigenvalue weighted by molar-refractivity contribution is -0.137. The number of nitrogens with zero attached hydrogens (tertiary/aromatic N) is 2. The molecule has 0 spiro atoms. The largest absolute Gasteiger partial charge is 0.342 e. The van der Waals surface area contributed by atoms with E-state index in [-0.39, 0.29) is 5.92 Å². The molecule has 0 aromatic carbocycles. The fourth-order valence-corrected chi connectivity index (χ4v) is 4.30. The monoisotopic (exact) mass is 293 g/mol. The number of hydrogen-bond donors (Lipinski definition) is 1. The Bertz CT molecular complexity index is 354. The SMILES string of the molecule is CC1CCCCN1CC1CCCN(C(=O)C2CCNC2)C1. The summed E-state index contributed by atoms with van der Waals surface area (Å²) in [5.41, 5.74) is 0. The Balaban J connectivity index is 1.51. The van der Waals surface area contributed by atoms with E-state index in [2.05, 4.69) is 22.0 Å². The second-order valence-corrected chi connectivity index (χ2v) is 7.32. The van der Waals surface area contributed by atoms with Crippen LogP contribution in [0.25, 0.3) is 0 Å². The van der Waals surface area contributed by atoms with E-state index >= 15 is 0 Å². The molecule has 3 unspecified atom stereocenters. The minimum atomic E-state index is 0.248. The minimum Gasteiger partial charge on any atom is -0.342 e. The maximum atomic E-state index is 12.6. The summed E-state index contributed by atoms with van der Waals surface area (Å²) < 4.78 is 0. The minimum absolute atomic E-state index is 0.248. The third kappa shape index (κ3) is 3.78. The molecule has 0 aliphatic carbocycles. The molecule has 4 nitrogen and oxygen atoms in total. The van der Waals surface area contributed by atoms with Crippen molar-refractivity contribution >= 4 is 5.91 Å². The van der Waals surface area contributed by atoms with Crippen LogP contribution in [0.3, 0.4) is 0 Å². The van der Waals surface area contributed by atoms with Gasteiger partial charge in [-0.3, -0.25) is 4.79 Å². The number of likely N-dealkylation sites (tertiary alicyclic amines) is 2. The van der Waals surface area contributed by atoms with Crippen molar-refractivity contribution in [1.82, 2.24) is 15.1 Å². The Morgan fingerprint density at radius 3 is 2.81 bits per heavy atom. The summed E-state index contributed by atoms with van der Waals surface area (Å²) in [5, 5.41) is 3.32. The highest BCUT2D eigenvalue weighted by Gasteiger charge is 2.31. The second-order valence-electron chi connectivity index (χ2n) is 7.32. The number of carbonyl (C=O) groups excluding carboxylic acids is 1.